The highest BCUT2D eigenvalue weighted by Gasteiger charge is 2.45. The third-order valence-corrected chi connectivity index (χ3v) is 7.02. The second-order valence-electron chi connectivity index (χ2n) is 9.29. The fourth-order valence-electron chi connectivity index (χ4n) is 4.87. The standard InChI is InChI=1S/C25H32N2O3/c1-24(2,29)25(11-10-19-6-4-3-5-7-19)12-14-27(15-13-25)17-20-8-9-22-21(16-20)18-30-23(28)26-22/h3-9,16,29H,10-15,17-18H2,1-2H3,(H,26,28). The summed E-state index contributed by atoms with van der Waals surface area (Å²) >= 11 is 0. The van der Waals surface area contributed by atoms with Crippen LogP contribution in [0.5, 0.6) is 0 Å². The Morgan fingerprint density at radius 2 is 1.83 bits per heavy atom. The number of piperidine rings is 1. The average Bonchev–Trinajstić information content (AvgIpc) is 2.73. The number of nitrogens with zero attached hydrogens (tertiary/aromatic N) is 1. The molecule has 5 nitrogen and oxygen atoms in total. The molecule has 30 heavy (non-hydrogen) atoms. The van der Waals surface area contributed by atoms with Crippen LogP contribution in [0.1, 0.15) is 49.8 Å². The number of anilines is 1. The zero-order valence-corrected chi connectivity index (χ0v) is 18.0. The van der Waals surface area contributed by atoms with Gasteiger partial charge in [0.1, 0.15) is 6.61 Å². The molecule has 1 saturated heterocycles. The van der Waals surface area contributed by atoms with Gasteiger partial charge in [-0.2, -0.15) is 0 Å². The molecule has 0 radical (unpaired) electrons. The van der Waals surface area contributed by atoms with Gasteiger partial charge in [0.05, 0.1) is 11.3 Å². The molecule has 2 aromatic carbocycles. The number of amides is 1. The first-order valence-corrected chi connectivity index (χ1v) is 10.9. The van der Waals surface area contributed by atoms with Crippen LogP contribution in [0.3, 0.4) is 0 Å². The Hall–Kier alpha value is -2.37. The lowest BCUT2D eigenvalue weighted by Crippen LogP contribution is -2.51. The Morgan fingerprint density at radius 1 is 1.10 bits per heavy atom. The first-order valence-electron chi connectivity index (χ1n) is 10.9. The number of hydrogen-bond acceptors (Lipinski definition) is 4. The van der Waals surface area contributed by atoms with Crippen molar-refractivity contribution < 1.29 is 14.6 Å². The molecule has 2 N–H and O–H groups in total. The maximum atomic E-state index is 11.4. The maximum Gasteiger partial charge on any atom is 0.411 e. The van der Waals surface area contributed by atoms with E-state index in [4.69, 9.17) is 4.74 Å². The highest BCUT2D eigenvalue weighted by Crippen LogP contribution is 2.45. The zero-order valence-electron chi connectivity index (χ0n) is 18.0. The van der Waals surface area contributed by atoms with Crippen molar-refractivity contribution in [1.29, 1.82) is 0 Å². The largest absolute Gasteiger partial charge is 0.444 e. The Kier molecular flexibility index (Phi) is 5.85. The summed E-state index contributed by atoms with van der Waals surface area (Å²) in [6.45, 7) is 7.11. The van der Waals surface area contributed by atoms with Crippen molar-refractivity contribution >= 4 is 11.8 Å². The predicted molar refractivity (Wildman–Crippen MR) is 118 cm³/mol. The minimum absolute atomic E-state index is 0.0622. The number of aryl methyl sites for hydroxylation is 1. The Balaban J connectivity index is 1.39. The van der Waals surface area contributed by atoms with E-state index in [9.17, 15) is 9.90 Å². The molecule has 0 spiro atoms. The van der Waals surface area contributed by atoms with Crippen molar-refractivity contribution in [2.45, 2.75) is 58.3 Å². The monoisotopic (exact) mass is 408 g/mol. The van der Waals surface area contributed by atoms with Crippen LogP contribution < -0.4 is 5.32 Å². The number of cyclic esters (lactones) is 1. The highest BCUT2D eigenvalue weighted by molar-refractivity contribution is 5.87. The number of carbonyl (C=O) groups is 1. The number of ether oxygens (including phenoxy) is 1. The van der Waals surface area contributed by atoms with E-state index in [2.05, 4.69) is 52.7 Å². The lowest BCUT2D eigenvalue weighted by molar-refractivity contribution is -0.0941. The van der Waals surface area contributed by atoms with Gasteiger partial charge in [-0.05, 0) is 75.9 Å². The van der Waals surface area contributed by atoms with Gasteiger partial charge < -0.3 is 9.84 Å². The number of likely N-dealkylation sites (tertiary alicyclic amines) is 1. The predicted octanol–water partition coefficient (Wildman–Crippen LogP) is 4.73. The molecule has 4 rings (SSSR count). The molecule has 2 aromatic rings. The third kappa shape index (κ3) is 4.52. The summed E-state index contributed by atoms with van der Waals surface area (Å²) < 4.78 is 5.09. The summed E-state index contributed by atoms with van der Waals surface area (Å²) in [6.07, 6.45) is 3.61. The fraction of sp³-hybridized carbons (Fsp3) is 0.480. The van der Waals surface area contributed by atoms with Crippen LogP contribution >= 0.6 is 0 Å². The quantitative estimate of drug-likeness (QED) is 0.725. The normalized spacial score (nSPS) is 19.0. The first kappa shape index (κ1) is 20.9. The SMILES string of the molecule is CC(C)(O)C1(CCc2ccccc2)CCN(Cc2ccc3c(c2)COC(=O)N3)CC1. The van der Waals surface area contributed by atoms with E-state index in [1.165, 1.54) is 11.1 Å². The van der Waals surface area contributed by atoms with Crippen LogP contribution in [0.2, 0.25) is 0 Å². The molecule has 2 aliphatic rings. The number of carbonyl (C=O) groups excluding carboxylic acids is 1. The number of fused-ring (bicyclic) bond motifs is 1. The summed E-state index contributed by atoms with van der Waals surface area (Å²) in [6, 6.07) is 16.8. The molecule has 2 aliphatic heterocycles. The molecule has 5 heteroatoms. The molecule has 0 unspecified atom stereocenters. The van der Waals surface area contributed by atoms with E-state index in [1.54, 1.807) is 0 Å². The van der Waals surface area contributed by atoms with Crippen molar-refractivity contribution in [3.05, 3.63) is 65.2 Å². The van der Waals surface area contributed by atoms with Gasteiger partial charge in [-0.15, -0.1) is 0 Å². The number of nitrogens with one attached hydrogen (secondary N) is 1. The van der Waals surface area contributed by atoms with Crippen molar-refractivity contribution in [3.8, 4) is 0 Å². The van der Waals surface area contributed by atoms with Gasteiger partial charge in [-0.1, -0.05) is 36.4 Å². The average molecular weight is 409 g/mol. The van der Waals surface area contributed by atoms with Gasteiger partial charge in [0.15, 0.2) is 0 Å². The lowest BCUT2D eigenvalue weighted by Gasteiger charge is -2.49. The Morgan fingerprint density at radius 3 is 2.53 bits per heavy atom. The van der Waals surface area contributed by atoms with Crippen molar-refractivity contribution in [3.63, 3.8) is 0 Å². The summed E-state index contributed by atoms with van der Waals surface area (Å²) in [4.78, 5) is 13.8. The van der Waals surface area contributed by atoms with Crippen molar-refractivity contribution in [2.75, 3.05) is 18.4 Å². The van der Waals surface area contributed by atoms with Crippen molar-refractivity contribution in [2.24, 2.45) is 5.41 Å². The van der Waals surface area contributed by atoms with E-state index in [1.807, 2.05) is 19.9 Å². The lowest BCUT2D eigenvalue weighted by atomic mass is 9.64. The van der Waals surface area contributed by atoms with Crippen LogP contribution in [0.4, 0.5) is 10.5 Å². The molecule has 160 valence electrons. The maximum absolute atomic E-state index is 11.4. The minimum Gasteiger partial charge on any atom is -0.444 e. The molecule has 0 aliphatic carbocycles. The van der Waals surface area contributed by atoms with Crippen molar-refractivity contribution in [1.82, 2.24) is 4.90 Å². The van der Waals surface area contributed by atoms with Crippen LogP contribution in [-0.2, 0) is 24.3 Å². The van der Waals surface area contributed by atoms with E-state index in [0.717, 1.165) is 56.6 Å². The van der Waals surface area contributed by atoms with E-state index >= 15 is 0 Å². The van der Waals surface area contributed by atoms with Crippen LogP contribution in [0.25, 0.3) is 0 Å². The molecule has 1 fully saturated rings. The minimum atomic E-state index is -0.699. The molecule has 0 atom stereocenters. The van der Waals surface area contributed by atoms with Gasteiger partial charge in [0.2, 0.25) is 0 Å². The molecule has 1 amide bonds. The zero-order chi connectivity index (χ0) is 21.2. The van der Waals surface area contributed by atoms with Crippen LogP contribution in [-0.4, -0.2) is 34.8 Å². The highest BCUT2D eigenvalue weighted by atomic mass is 16.5. The number of rotatable bonds is 6. The van der Waals surface area contributed by atoms with Crippen LogP contribution in [0.15, 0.2) is 48.5 Å². The fourth-order valence-corrected chi connectivity index (χ4v) is 4.87. The van der Waals surface area contributed by atoms with Gasteiger partial charge in [0, 0.05) is 17.5 Å². The molecular weight excluding hydrogens is 376 g/mol. The van der Waals surface area contributed by atoms with E-state index in [0.29, 0.717) is 6.61 Å². The summed E-state index contributed by atoms with van der Waals surface area (Å²) in [5, 5.41) is 13.8. The number of benzene rings is 2. The van der Waals surface area contributed by atoms with Gasteiger partial charge >= 0.3 is 6.09 Å². The third-order valence-electron chi connectivity index (χ3n) is 7.02. The van der Waals surface area contributed by atoms with Gasteiger partial charge in [0.25, 0.3) is 0 Å². The van der Waals surface area contributed by atoms with Crippen LogP contribution in [0, 0.1) is 5.41 Å². The first-order chi connectivity index (χ1) is 14.3. The second kappa shape index (κ2) is 8.40. The topological polar surface area (TPSA) is 61.8 Å². The summed E-state index contributed by atoms with van der Waals surface area (Å²) in [5.74, 6) is 0. The second-order valence-corrected chi connectivity index (χ2v) is 9.29. The molecule has 0 bridgehead atoms. The van der Waals surface area contributed by atoms with Gasteiger partial charge in [-0.25, -0.2) is 4.79 Å². The smallest absolute Gasteiger partial charge is 0.411 e. The Labute approximate surface area is 179 Å². The van der Waals surface area contributed by atoms with Gasteiger partial charge in [-0.3, -0.25) is 10.2 Å². The molecule has 0 saturated carbocycles. The number of hydrogen-bond donors (Lipinski definition) is 2. The van der Waals surface area contributed by atoms with E-state index < -0.39 is 5.60 Å². The summed E-state index contributed by atoms with van der Waals surface area (Å²) in [7, 11) is 0. The molecular formula is C25H32N2O3. The number of aliphatic hydroxyl groups is 1. The Bertz CT molecular complexity index is 881. The van der Waals surface area contributed by atoms with E-state index in [-0.39, 0.29) is 11.5 Å². The molecule has 0 aromatic heterocycles. The molecule has 2 heterocycles. The summed E-state index contributed by atoms with van der Waals surface area (Å²) in [5.41, 5.74) is 3.68.